The van der Waals surface area contributed by atoms with Gasteiger partial charge in [0.1, 0.15) is 0 Å². The summed E-state index contributed by atoms with van der Waals surface area (Å²) < 4.78 is 37.9. The molecule has 0 aliphatic rings. The Kier molecular flexibility index (Phi) is 6.02. The summed E-state index contributed by atoms with van der Waals surface area (Å²) in [5.74, 6) is -2.24. The first-order chi connectivity index (χ1) is 12.3. The van der Waals surface area contributed by atoms with Crippen molar-refractivity contribution in [2.45, 2.75) is 26.4 Å². The molecule has 1 N–H and O–H groups in total. The van der Waals surface area contributed by atoms with Gasteiger partial charge in [-0.1, -0.05) is 19.1 Å². The maximum Gasteiger partial charge on any atom is 0.471 e. The van der Waals surface area contributed by atoms with Crippen LogP contribution in [0.25, 0.3) is 0 Å². The topological polar surface area (TPSA) is 49.4 Å². The van der Waals surface area contributed by atoms with Crippen molar-refractivity contribution in [3.05, 3.63) is 59.7 Å². The second-order valence-corrected chi connectivity index (χ2v) is 5.60. The molecule has 0 aliphatic heterocycles. The van der Waals surface area contributed by atoms with Crippen LogP contribution in [-0.4, -0.2) is 24.5 Å². The van der Waals surface area contributed by atoms with E-state index in [1.807, 2.05) is 19.1 Å². The number of hydrogen-bond donors (Lipinski definition) is 1. The molecule has 0 aliphatic carbocycles. The van der Waals surface area contributed by atoms with Crippen molar-refractivity contribution in [1.29, 1.82) is 0 Å². The van der Waals surface area contributed by atoms with Crippen molar-refractivity contribution in [2.24, 2.45) is 0 Å². The number of hydrogen-bond acceptors (Lipinski definition) is 2. The van der Waals surface area contributed by atoms with E-state index in [0.717, 1.165) is 12.0 Å². The number of amides is 2. The number of nitrogens with zero attached hydrogens (tertiary/aromatic N) is 1. The highest BCUT2D eigenvalue weighted by Crippen LogP contribution is 2.25. The fourth-order valence-electron chi connectivity index (χ4n) is 2.42. The number of benzene rings is 2. The van der Waals surface area contributed by atoms with Crippen LogP contribution >= 0.6 is 0 Å². The quantitative estimate of drug-likeness (QED) is 0.854. The van der Waals surface area contributed by atoms with Crippen LogP contribution in [0.4, 0.5) is 24.5 Å². The van der Waals surface area contributed by atoms with Gasteiger partial charge in [0.15, 0.2) is 0 Å². The van der Waals surface area contributed by atoms with Gasteiger partial charge in [0.2, 0.25) is 0 Å². The monoisotopic (exact) mass is 364 g/mol. The fourth-order valence-corrected chi connectivity index (χ4v) is 2.42. The largest absolute Gasteiger partial charge is 0.471 e. The number of carbonyl (C=O) groups is 2. The van der Waals surface area contributed by atoms with E-state index >= 15 is 0 Å². The van der Waals surface area contributed by atoms with Crippen LogP contribution in [0.1, 0.15) is 29.8 Å². The number of aryl methyl sites for hydroxylation is 1. The Bertz CT molecular complexity index is 769. The molecule has 0 fully saturated rings. The standard InChI is InChI=1S/C19H19F3N2O2/c1-3-13-5-7-14(8-6-13)17(25)23-15-9-11-16(12-10-15)24(4-2)18(26)19(20,21)22/h5-12H,3-4H2,1-2H3,(H,23,25). The van der Waals surface area contributed by atoms with Crippen LogP contribution in [0.15, 0.2) is 48.5 Å². The molecular formula is C19H19F3N2O2. The van der Waals surface area contributed by atoms with Gasteiger partial charge in [0, 0.05) is 23.5 Å². The molecule has 0 unspecified atom stereocenters. The highest BCUT2D eigenvalue weighted by molar-refractivity contribution is 6.04. The molecule has 2 rings (SSSR count). The normalized spacial score (nSPS) is 11.1. The number of rotatable bonds is 5. The van der Waals surface area contributed by atoms with Crippen LogP contribution in [0, 0.1) is 0 Å². The van der Waals surface area contributed by atoms with Crippen molar-refractivity contribution < 1.29 is 22.8 Å². The molecule has 0 aromatic heterocycles. The highest BCUT2D eigenvalue weighted by Gasteiger charge is 2.42. The molecule has 0 spiro atoms. The minimum absolute atomic E-state index is 0.111. The lowest BCUT2D eigenvalue weighted by molar-refractivity contribution is -0.170. The van der Waals surface area contributed by atoms with Crippen LogP contribution in [-0.2, 0) is 11.2 Å². The van der Waals surface area contributed by atoms with E-state index in [0.29, 0.717) is 16.2 Å². The molecule has 138 valence electrons. The van der Waals surface area contributed by atoms with E-state index < -0.39 is 12.1 Å². The predicted octanol–water partition coefficient (Wildman–Crippen LogP) is 4.42. The lowest BCUT2D eigenvalue weighted by atomic mass is 10.1. The molecule has 0 heterocycles. The second kappa shape index (κ2) is 8.03. The van der Waals surface area contributed by atoms with E-state index in [9.17, 15) is 22.8 Å². The second-order valence-electron chi connectivity index (χ2n) is 5.60. The van der Waals surface area contributed by atoms with Gasteiger partial charge in [-0.25, -0.2) is 0 Å². The zero-order chi connectivity index (χ0) is 19.3. The predicted molar refractivity (Wildman–Crippen MR) is 94.3 cm³/mol. The third-order valence-corrected chi connectivity index (χ3v) is 3.87. The van der Waals surface area contributed by atoms with Crippen LogP contribution in [0.5, 0.6) is 0 Å². The molecular weight excluding hydrogens is 345 g/mol. The van der Waals surface area contributed by atoms with Crippen LogP contribution in [0.3, 0.4) is 0 Å². The summed E-state index contributed by atoms with van der Waals surface area (Å²) in [4.78, 5) is 24.3. The SMILES string of the molecule is CCc1ccc(C(=O)Nc2ccc(N(CC)C(=O)C(F)(F)F)cc2)cc1. The lowest BCUT2D eigenvalue weighted by Crippen LogP contribution is -2.41. The number of nitrogens with one attached hydrogen (secondary N) is 1. The minimum Gasteiger partial charge on any atom is -0.322 e. The Balaban J connectivity index is 2.10. The number of carbonyl (C=O) groups excluding carboxylic acids is 2. The summed E-state index contributed by atoms with van der Waals surface area (Å²) in [5, 5.41) is 2.67. The average molecular weight is 364 g/mol. The van der Waals surface area contributed by atoms with Crippen molar-refractivity contribution >= 4 is 23.2 Å². The zero-order valence-electron chi connectivity index (χ0n) is 14.4. The van der Waals surface area contributed by atoms with Gasteiger partial charge in [-0.2, -0.15) is 13.2 Å². The average Bonchev–Trinajstić information content (AvgIpc) is 2.63. The van der Waals surface area contributed by atoms with E-state index in [1.54, 1.807) is 12.1 Å². The molecule has 0 atom stereocenters. The Hall–Kier alpha value is -2.83. The van der Waals surface area contributed by atoms with Crippen LogP contribution < -0.4 is 10.2 Å². The first kappa shape index (κ1) is 19.5. The molecule has 0 bridgehead atoms. The molecule has 4 nitrogen and oxygen atoms in total. The summed E-state index contributed by atoms with van der Waals surface area (Å²) in [6.07, 6.45) is -4.07. The Morgan fingerprint density at radius 1 is 0.962 bits per heavy atom. The van der Waals surface area contributed by atoms with Gasteiger partial charge in [-0.15, -0.1) is 0 Å². The van der Waals surface area contributed by atoms with Gasteiger partial charge in [-0.3, -0.25) is 9.59 Å². The summed E-state index contributed by atoms with van der Waals surface area (Å²) in [5.41, 5.74) is 2.13. The maximum absolute atomic E-state index is 12.6. The molecule has 2 amide bonds. The smallest absolute Gasteiger partial charge is 0.322 e. The van der Waals surface area contributed by atoms with Crippen molar-refractivity contribution in [1.82, 2.24) is 0 Å². The van der Waals surface area contributed by atoms with Gasteiger partial charge >= 0.3 is 12.1 Å². The van der Waals surface area contributed by atoms with Gasteiger partial charge in [0.05, 0.1) is 0 Å². The van der Waals surface area contributed by atoms with Crippen molar-refractivity contribution in [3.63, 3.8) is 0 Å². The Morgan fingerprint density at radius 3 is 2.00 bits per heavy atom. The maximum atomic E-state index is 12.6. The molecule has 2 aromatic carbocycles. The van der Waals surface area contributed by atoms with Crippen LogP contribution in [0.2, 0.25) is 0 Å². The van der Waals surface area contributed by atoms with E-state index in [-0.39, 0.29) is 18.1 Å². The number of anilines is 2. The van der Waals surface area contributed by atoms with E-state index in [4.69, 9.17) is 0 Å². The molecule has 0 saturated heterocycles. The minimum atomic E-state index is -4.94. The summed E-state index contributed by atoms with van der Waals surface area (Å²) >= 11 is 0. The summed E-state index contributed by atoms with van der Waals surface area (Å²) in [6, 6.07) is 12.8. The van der Waals surface area contributed by atoms with E-state index in [2.05, 4.69) is 5.32 Å². The first-order valence-electron chi connectivity index (χ1n) is 8.15. The zero-order valence-corrected chi connectivity index (χ0v) is 14.4. The van der Waals surface area contributed by atoms with Crippen molar-refractivity contribution in [2.75, 3.05) is 16.8 Å². The van der Waals surface area contributed by atoms with Gasteiger partial charge in [-0.05, 0) is 55.3 Å². The van der Waals surface area contributed by atoms with Crippen molar-refractivity contribution in [3.8, 4) is 0 Å². The molecule has 26 heavy (non-hydrogen) atoms. The number of alkyl halides is 3. The van der Waals surface area contributed by atoms with E-state index in [1.165, 1.54) is 31.2 Å². The first-order valence-corrected chi connectivity index (χ1v) is 8.15. The third kappa shape index (κ3) is 4.62. The molecule has 0 radical (unpaired) electrons. The molecule has 7 heteroatoms. The van der Waals surface area contributed by atoms with Gasteiger partial charge in [0.25, 0.3) is 5.91 Å². The highest BCUT2D eigenvalue weighted by atomic mass is 19.4. The summed E-state index contributed by atoms with van der Waals surface area (Å²) in [7, 11) is 0. The molecule has 0 saturated carbocycles. The third-order valence-electron chi connectivity index (χ3n) is 3.87. The number of halogens is 3. The Labute approximate surface area is 149 Å². The lowest BCUT2D eigenvalue weighted by Gasteiger charge is -2.22. The fraction of sp³-hybridized carbons (Fsp3) is 0.263. The summed E-state index contributed by atoms with van der Waals surface area (Å²) in [6.45, 7) is 3.35. The molecule has 2 aromatic rings. The van der Waals surface area contributed by atoms with Gasteiger partial charge < -0.3 is 10.2 Å². The Morgan fingerprint density at radius 2 is 1.54 bits per heavy atom.